The Morgan fingerprint density at radius 2 is 1.64 bits per heavy atom. The molecule has 0 aliphatic heterocycles. The molecule has 2 N–H and O–H groups in total. The molecule has 4 atom stereocenters. The fourth-order valence-electron chi connectivity index (χ4n) is 8.12. The number of ketones is 2. The van der Waals surface area contributed by atoms with Crippen LogP contribution < -0.4 is 14.2 Å². The Hall–Kier alpha value is -5.09. The molecule has 0 spiro atoms. The van der Waals surface area contributed by atoms with Gasteiger partial charge in [-0.1, -0.05) is 88.0 Å². The molecule has 0 saturated carbocycles. The third-order valence-corrected chi connectivity index (χ3v) is 17.3. The normalized spacial score (nSPS) is 21.8. The first-order valence-electron chi connectivity index (χ1n) is 19.0. The zero-order valence-corrected chi connectivity index (χ0v) is 35.4. The number of nitrogens with one attached hydrogen (secondary N) is 1. The van der Waals surface area contributed by atoms with Crippen molar-refractivity contribution in [1.29, 1.82) is 0 Å². The van der Waals surface area contributed by atoms with Crippen molar-refractivity contribution in [2.45, 2.75) is 76.6 Å². The van der Waals surface area contributed by atoms with Crippen LogP contribution in [-0.2, 0) is 34.1 Å². The Bertz CT molecular complexity index is 2430. The number of aromatic nitrogens is 1. The number of anilines is 1. The summed E-state index contributed by atoms with van der Waals surface area (Å²) >= 11 is 0. The Balaban J connectivity index is 1.44. The summed E-state index contributed by atoms with van der Waals surface area (Å²) in [4.78, 5) is 32.6. The molecule has 1 aromatic heterocycles. The van der Waals surface area contributed by atoms with E-state index in [1.165, 1.54) is 0 Å². The number of aliphatic hydroxyl groups excluding tert-OH is 1. The minimum absolute atomic E-state index is 0.00195. The molecule has 58 heavy (non-hydrogen) atoms. The van der Waals surface area contributed by atoms with E-state index >= 15 is 14.0 Å². The molecule has 3 aliphatic carbocycles. The maximum absolute atomic E-state index is 16.3. The summed E-state index contributed by atoms with van der Waals surface area (Å²) in [6, 6.07) is 18.6. The molecule has 1 heterocycles. The lowest BCUT2D eigenvalue weighted by Gasteiger charge is -2.55. The number of rotatable bonds is 12. The number of hydrogen-bond donors (Lipinski definition) is 2. The molecule has 0 bridgehead atoms. The van der Waals surface area contributed by atoms with Gasteiger partial charge in [0.1, 0.15) is 30.4 Å². The van der Waals surface area contributed by atoms with Crippen LogP contribution in [0.3, 0.4) is 0 Å². The van der Waals surface area contributed by atoms with E-state index in [4.69, 9.17) is 18.4 Å². The fraction of sp³-hybridized carbons (Fsp3) is 0.372. The highest BCUT2D eigenvalue weighted by Crippen LogP contribution is 2.60. The van der Waals surface area contributed by atoms with Gasteiger partial charge in [0.15, 0.2) is 31.2 Å². The minimum atomic E-state index is -4.20. The Morgan fingerprint density at radius 1 is 1.03 bits per heavy atom. The van der Waals surface area contributed by atoms with Crippen LogP contribution in [0.25, 0.3) is 0 Å². The number of allylic oxidation sites excluding steroid dienone is 1. The molecule has 15 heteroatoms. The van der Waals surface area contributed by atoms with Gasteiger partial charge in [-0.25, -0.2) is 12.8 Å². The third kappa shape index (κ3) is 6.97. The van der Waals surface area contributed by atoms with E-state index in [1.54, 1.807) is 24.3 Å². The summed E-state index contributed by atoms with van der Waals surface area (Å²) in [6.45, 7) is 13.2. The molecule has 0 radical (unpaired) electrons. The van der Waals surface area contributed by atoms with E-state index in [-0.39, 0.29) is 71.4 Å². The summed E-state index contributed by atoms with van der Waals surface area (Å²) in [7, 11) is -3.59. The van der Waals surface area contributed by atoms with E-state index in [2.05, 4.69) is 16.5 Å². The van der Waals surface area contributed by atoms with Crippen molar-refractivity contribution in [3.05, 3.63) is 129 Å². The molecule has 3 aromatic carbocycles. The lowest BCUT2D eigenvalue weighted by molar-refractivity contribution is -0.0481. The summed E-state index contributed by atoms with van der Waals surface area (Å²) < 4.78 is 69.7. The third-order valence-electron chi connectivity index (χ3n) is 11.9. The maximum atomic E-state index is 16.3. The van der Waals surface area contributed by atoms with E-state index in [0.717, 1.165) is 11.6 Å². The topological polar surface area (TPSA) is 158 Å². The number of carbonyl (C=O) groups is 2. The van der Waals surface area contributed by atoms with Gasteiger partial charge in [0.25, 0.3) is 15.9 Å². The van der Waals surface area contributed by atoms with Crippen LogP contribution in [0.15, 0.2) is 94.6 Å². The highest BCUT2D eigenvalue weighted by molar-refractivity contribution is 7.95. The average Bonchev–Trinajstić information content (AvgIpc) is 3.58. The van der Waals surface area contributed by atoms with Crippen molar-refractivity contribution in [2.75, 3.05) is 18.8 Å². The van der Waals surface area contributed by atoms with Gasteiger partial charge < -0.3 is 23.5 Å². The molecular weight excluding hydrogens is 782 g/mol. The summed E-state index contributed by atoms with van der Waals surface area (Å²) in [5.41, 5.74) is -1.33. The largest absolute Gasteiger partial charge is 0.508 e. The van der Waals surface area contributed by atoms with Gasteiger partial charge in [-0.15, -0.1) is 0 Å². The van der Waals surface area contributed by atoms with Crippen molar-refractivity contribution in [1.82, 2.24) is 10.1 Å². The van der Waals surface area contributed by atoms with Crippen molar-refractivity contribution < 1.29 is 45.9 Å². The van der Waals surface area contributed by atoms with Crippen LogP contribution in [0.4, 0.5) is 10.1 Å². The number of fused-ring (bicyclic) bond motifs is 4. The molecule has 0 fully saturated rings. The molecule has 4 aromatic rings. The SMILES string of the molecule is C=CS(=O)(=O)Nc1cc(F)c2c(c1OCc1ccccc1)C(=O)C1=C(O)[C@]3(O[Si](C)(C)C(C)(C)C)C(=O)c4c(OCc5ccccc5)noc4[C@@H](N(C)C)[C@@H]3C[C@@H]1C2. The standard InChI is InChI=1S/C43H48FN3O9SSi/c1-9-57(51,52)46-31-22-30(44)28-20-27-21-29-35(47(5)6)38-34(41(45-55-38)54-24-26-18-14-11-15-19-26)40(50)43(29,56-58(7,8)42(2,3)4)39(49)32(27)36(48)33(28)37(31)53-23-25-16-12-10-13-17-25/h9-19,22,27,29,35,46,49H,1,20-21,23-24H2,2-8H3/t27-,29-,35-,43-/m0/s1. The van der Waals surface area contributed by atoms with Gasteiger partial charge in [0.05, 0.1) is 17.3 Å². The van der Waals surface area contributed by atoms with Gasteiger partial charge in [-0.05, 0) is 67.3 Å². The fourth-order valence-corrected chi connectivity index (χ4v) is 10.1. The van der Waals surface area contributed by atoms with Gasteiger partial charge in [-0.3, -0.25) is 19.2 Å². The van der Waals surface area contributed by atoms with Gasteiger partial charge in [-0.2, -0.15) is 0 Å². The van der Waals surface area contributed by atoms with E-state index in [9.17, 15) is 13.5 Å². The second-order valence-electron chi connectivity index (χ2n) is 16.8. The zero-order valence-electron chi connectivity index (χ0n) is 33.6. The van der Waals surface area contributed by atoms with Crippen molar-refractivity contribution in [3.8, 4) is 11.6 Å². The minimum Gasteiger partial charge on any atom is -0.508 e. The van der Waals surface area contributed by atoms with E-state index in [0.29, 0.717) is 11.0 Å². The molecular formula is C43H48FN3O9SSi. The first kappa shape index (κ1) is 41.1. The molecule has 3 aliphatic rings. The molecule has 12 nitrogen and oxygen atoms in total. The quantitative estimate of drug-likeness (QED) is 0.132. The number of hydrogen-bond acceptors (Lipinski definition) is 11. The average molecular weight is 830 g/mol. The first-order valence-corrected chi connectivity index (χ1v) is 23.5. The van der Waals surface area contributed by atoms with Crippen LogP contribution in [0.5, 0.6) is 11.6 Å². The van der Waals surface area contributed by atoms with Crippen LogP contribution in [0.1, 0.15) is 76.4 Å². The molecule has 306 valence electrons. The predicted octanol–water partition coefficient (Wildman–Crippen LogP) is 8.30. The van der Waals surface area contributed by atoms with Crippen LogP contribution in [0.2, 0.25) is 18.1 Å². The van der Waals surface area contributed by atoms with E-state index < -0.39 is 70.0 Å². The van der Waals surface area contributed by atoms with Crippen molar-refractivity contribution >= 4 is 35.6 Å². The zero-order chi connectivity index (χ0) is 41.9. The maximum Gasteiger partial charge on any atom is 0.265 e. The predicted molar refractivity (Wildman–Crippen MR) is 218 cm³/mol. The van der Waals surface area contributed by atoms with E-state index in [1.807, 2.05) is 89.3 Å². The van der Waals surface area contributed by atoms with Gasteiger partial charge in [0.2, 0.25) is 5.78 Å². The van der Waals surface area contributed by atoms with Crippen LogP contribution >= 0.6 is 0 Å². The van der Waals surface area contributed by atoms with Crippen molar-refractivity contribution in [2.24, 2.45) is 11.8 Å². The van der Waals surface area contributed by atoms with Gasteiger partial charge >= 0.3 is 0 Å². The lowest BCUT2D eigenvalue weighted by atomic mass is 9.58. The molecule has 7 rings (SSSR count). The van der Waals surface area contributed by atoms with Crippen LogP contribution in [0, 0.1) is 17.7 Å². The number of nitrogens with zero attached hydrogens (tertiary/aromatic N) is 2. The number of sulfonamides is 1. The molecule has 0 amide bonds. The highest BCUT2D eigenvalue weighted by Gasteiger charge is 2.67. The first-order chi connectivity index (χ1) is 27.3. The smallest absolute Gasteiger partial charge is 0.265 e. The number of Topliss-reactive ketones (excluding diaryl/α,β-unsaturated/α-hetero) is 2. The number of halogens is 1. The summed E-state index contributed by atoms with van der Waals surface area (Å²) in [5, 5.41) is 17.4. The second-order valence-corrected chi connectivity index (χ2v) is 23.2. The second kappa shape index (κ2) is 14.9. The van der Waals surface area contributed by atoms with Gasteiger partial charge in [0, 0.05) is 28.5 Å². The number of benzene rings is 3. The number of aliphatic hydroxyl groups is 1. The summed E-state index contributed by atoms with van der Waals surface area (Å²) in [5.74, 6) is -4.58. The summed E-state index contributed by atoms with van der Waals surface area (Å²) in [6.07, 6.45) is 0.0385. The monoisotopic (exact) mass is 829 g/mol. The number of ether oxygens (including phenoxy) is 2. The van der Waals surface area contributed by atoms with Crippen LogP contribution in [-0.4, -0.2) is 63.2 Å². The molecule has 0 saturated heterocycles. The Kier molecular flexibility index (Phi) is 10.6. The molecule has 0 unspecified atom stereocenters. The number of carbonyl (C=O) groups excluding carboxylic acids is 2. The Morgan fingerprint density at radius 3 is 2.21 bits per heavy atom. The highest BCUT2D eigenvalue weighted by atomic mass is 32.2. The van der Waals surface area contributed by atoms with Crippen molar-refractivity contribution in [3.63, 3.8) is 0 Å². The lowest BCUT2D eigenvalue weighted by Crippen LogP contribution is -2.65. The Labute approximate surface area is 338 Å².